The van der Waals surface area contributed by atoms with Crippen LogP contribution in [0.15, 0.2) is 41.3 Å². The molecule has 130 valence electrons. The second-order valence-electron chi connectivity index (χ2n) is 6.38. The lowest BCUT2D eigenvalue weighted by atomic mass is 9.95. The maximum absolute atomic E-state index is 12.5. The molecule has 2 aliphatic rings. The van der Waals surface area contributed by atoms with E-state index in [0.29, 0.717) is 31.2 Å². The highest BCUT2D eigenvalue weighted by atomic mass is 32.2. The first-order valence-electron chi connectivity index (χ1n) is 8.50. The molecule has 1 aromatic carbocycles. The molecular weight excluding hydrogens is 326 g/mol. The molecule has 0 N–H and O–H groups in total. The molecular formula is C18H23NO4S. The molecule has 24 heavy (non-hydrogen) atoms. The van der Waals surface area contributed by atoms with Gasteiger partial charge in [-0.1, -0.05) is 12.2 Å². The van der Waals surface area contributed by atoms with Gasteiger partial charge in [0.05, 0.1) is 17.1 Å². The first-order valence-corrected chi connectivity index (χ1v) is 9.94. The first kappa shape index (κ1) is 17.2. The number of carbonyl (C=O) groups excluding carboxylic acids is 1. The summed E-state index contributed by atoms with van der Waals surface area (Å²) in [6, 6.07) is 6.05. The van der Waals surface area contributed by atoms with Gasteiger partial charge in [-0.05, 0) is 62.3 Å². The van der Waals surface area contributed by atoms with Crippen molar-refractivity contribution in [2.24, 2.45) is 5.92 Å². The summed E-state index contributed by atoms with van der Waals surface area (Å²) in [6.07, 6.45) is 9.10. The van der Waals surface area contributed by atoms with Crippen molar-refractivity contribution in [3.05, 3.63) is 42.0 Å². The van der Waals surface area contributed by atoms with Gasteiger partial charge in [-0.25, -0.2) is 13.2 Å². The number of carbonyl (C=O) groups is 1. The van der Waals surface area contributed by atoms with E-state index in [0.717, 1.165) is 32.1 Å². The van der Waals surface area contributed by atoms with Crippen LogP contribution in [0.5, 0.6) is 0 Å². The predicted molar refractivity (Wildman–Crippen MR) is 91.2 cm³/mol. The molecule has 1 atom stereocenters. The van der Waals surface area contributed by atoms with Gasteiger partial charge in [-0.15, -0.1) is 0 Å². The highest BCUT2D eigenvalue weighted by Gasteiger charge is 2.27. The third-order valence-corrected chi connectivity index (χ3v) is 6.53. The number of benzene rings is 1. The minimum atomic E-state index is -3.44. The average Bonchev–Trinajstić information content (AvgIpc) is 3.16. The van der Waals surface area contributed by atoms with E-state index in [2.05, 4.69) is 12.2 Å². The minimum Gasteiger partial charge on any atom is -0.462 e. The Morgan fingerprint density at radius 3 is 2.46 bits per heavy atom. The predicted octanol–water partition coefficient (Wildman–Crippen LogP) is 2.98. The number of hydrogen-bond acceptors (Lipinski definition) is 4. The Balaban J connectivity index is 1.61. The van der Waals surface area contributed by atoms with E-state index in [1.54, 1.807) is 0 Å². The molecule has 0 radical (unpaired) electrons. The molecule has 1 fully saturated rings. The third kappa shape index (κ3) is 3.87. The number of nitrogens with zero attached hydrogens (tertiary/aromatic N) is 1. The van der Waals surface area contributed by atoms with Crippen LogP contribution in [0.4, 0.5) is 0 Å². The van der Waals surface area contributed by atoms with Crippen LogP contribution in [0.2, 0.25) is 0 Å². The van der Waals surface area contributed by atoms with Crippen molar-refractivity contribution >= 4 is 16.0 Å². The van der Waals surface area contributed by atoms with E-state index in [1.165, 1.54) is 28.6 Å². The fourth-order valence-corrected chi connectivity index (χ4v) is 4.64. The van der Waals surface area contributed by atoms with Gasteiger partial charge in [0.1, 0.15) is 0 Å². The van der Waals surface area contributed by atoms with E-state index in [1.807, 2.05) is 0 Å². The number of sulfonamides is 1. The molecule has 1 aliphatic carbocycles. The Morgan fingerprint density at radius 2 is 1.83 bits per heavy atom. The summed E-state index contributed by atoms with van der Waals surface area (Å²) in [5, 5.41) is 0. The number of ether oxygens (including phenoxy) is 1. The highest BCUT2D eigenvalue weighted by molar-refractivity contribution is 7.89. The Labute approximate surface area is 143 Å². The van der Waals surface area contributed by atoms with Crippen LogP contribution in [-0.4, -0.2) is 38.4 Å². The van der Waals surface area contributed by atoms with Crippen molar-refractivity contribution in [2.75, 3.05) is 19.7 Å². The zero-order valence-electron chi connectivity index (χ0n) is 13.7. The zero-order valence-corrected chi connectivity index (χ0v) is 14.5. The molecule has 1 aliphatic heterocycles. The Hall–Kier alpha value is -1.66. The second-order valence-corrected chi connectivity index (χ2v) is 8.32. The fraction of sp³-hybridized carbons (Fsp3) is 0.500. The molecule has 0 spiro atoms. The molecule has 0 amide bonds. The van der Waals surface area contributed by atoms with Crippen molar-refractivity contribution < 1.29 is 17.9 Å². The molecule has 1 aromatic rings. The van der Waals surface area contributed by atoms with Gasteiger partial charge in [-0.2, -0.15) is 4.31 Å². The van der Waals surface area contributed by atoms with E-state index < -0.39 is 16.0 Å². The van der Waals surface area contributed by atoms with Gasteiger partial charge in [0.15, 0.2) is 0 Å². The molecule has 0 bridgehead atoms. The molecule has 3 rings (SSSR count). The lowest BCUT2D eigenvalue weighted by molar-refractivity contribution is 0.0432. The summed E-state index contributed by atoms with van der Waals surface area (Å²) in [5.41, 5.74) is 0.390. The van der Waals surface area contributed by atoms with E-state index in [4.69, 9.17) is 4.74 Å². The Bertz CT molecular complexity index is 703. The minimum absolute atomic E-state index is 0.235. The van der Waals surface area contributed by atoms with E-state index in [9.17, 15) is 13.2 Å². The summed E-state index contributed by atoms with van der Waals surface area (Å²) in [7, 11) is -3.44. The molecule has 6 heteroatoms. The molecule has 0 saturated carbocycles. The Morgan fingerprint density at radius 1 is 1.12 bits per heavy atom. The normalized spacial score (nSPS) is 21.8. The summed E-state index contributed by atoms with van der Waals surface area (Å²) in [4.78, 5) is 12.3. The topological polar surface area (TPSA) is 63.7 Å². The smallest absolute Gasteiger partial charge is 0.338 e. The number of allylic oxidation sites excluding steroid dienone is 2. The lowest BCUT2D eigenvalue weighted by Crippen LogP contribution is -2.27. The SMILES string of the molecule is O=C(OCC1CC=CCC1)c1ccc(S(=O)(=O)N2CCCC2)cc1. The van der Waals surface area contributed by atoms with Crippen LogP contribution in [-0.2, 0) is 14.8 Å². The van der Waals surface area contributed by atoms with Crippen LogP contribution in [0, 0.1) is 5.92 Å². The van der Waals surface area contributed by atoms with Crippen molar-refractivity contribution in [3.63, 3.8) is 0 Å². The summed E-state index contributed by atoms with van der Waals surface area (Å²) < 4.78 is 31.8. The van der Waals surface area contributed by atoms with Crippen molar-refractivity contribution in [1.82, 2.24) is 4.31 Å². The van der Waals surface area contributed by atoms with Gasteiger partial charge >= 0.3 is 5.97 Å². The summed E-state index contributed by atoms with van der Waals surface area (Å²) in [5.74, 6) is -0.0107. The van der Waals surface area contributed by atoms with Crippen molar-refractivity contribution in [3.8, 4) is 0 Å². The molecule has 0 aromatic heterocycles. The highest BCUT2D eigenvalue weighted by Crippen LogP contribution is 2.22. The monoisotopic (exact) mass is 349 g/mol. The van der Waals surface area contributed by atoms with E-state index >= 15 is 0 Å². The standard InChI is InChI=1S/C18H23NO4S/c20-18(23-14-15-6-2-1-3-7-15)16-8-10-17(11-9-16)24(21,22)19-12-4-5-13-19/h1-2,8-11,15H,3-7,12-14H2. The molecule has 1 saturated heterocycles. The van der Waals surface area contributed by atoms with Crippen LogP contribution >= 0.6 is 0 Å². The molecule has 5 nitrogen and oxygen atoms in total. The number of hydrogen-bond donors (Lipinski definition) is 0. The second kappa shape index (κ2) is 7.49. The molecule has 1 unspecified atom stereocenters. The zero-order chi connectivity index (χ0) is 17.0. The van der Waals surface area contributed by atoms with Crippen LogP contribution in [0.25, 0.3) is 0 Å². The van der Waals surface area contributed by atoms with E-state index in [-0.39, 0.29) is 4.90 Å². The molecule has 1 heterocycles. The lowest BCUT2D eigenvalue weighted by Gasteiger charge is -2.17. The van der Waals surface area contributed by atoms with Gasteiger partial charge in [0, 0.05) is 13.1 Å². The van der Waals surface area contributed by atoms with Gasteiger partial charge in [-0.3, -0.25) is 0 Å². The van der Waals surface area contributed by atoms with Crippen LogP contribution in [0.1, 0.15) is 42.5 Å². The maximum Gasteiger partial charge on any atom is 0.338 e. The van der Waals surface area contributed by atoms with Gasteiger partial charge < -0.3 is 4.74 Å². The summed E-state index contributed by atoms with van der Waals surface area (Å²) >= 11 is 0. The first-order chi connectivity index (χ1) is 11.6. The van der Waals surface area contributed by atoms with Crippen LogP contribution < -0.4 is 0 Å². The maximum atomic E-state index is 12.5. The summed E-state index contributed by atoms with van der Waals surface area (Å²) in [6.45, 7) is 1.56. The largest absolute Gasteiger partial charge is 0.462 e. The van der Waals surface area contributed by atoms with Crippen LogP contribution in [0.3, 0.4) is 0 Å². The average molecular weight is 349 g/mol. The van der Waals surface area contributed by atoms with Crippen molar-refractivity contribution in [2.45, 2.75) is 37.0 Å². The van der Waals surface area contributed by atoms with Gasteiger partial charge in [0.2, 0.25) is 10.0 Å². The van der Waals surface area contributed by atoms with Crippen molar-refractivity contribution in [1.29, 1.82) is 0 Å². The Kier molecular flexibility index (Phi) is 5.36. The quantitative estimate of drug-likeness (QED) is 0.605. The fourth-order valence-electron chi connectivity index (χ4n) is 3.13. The van der Waals surface area contributed by atoms with Gasteiger partial charge in [0.25, 0.3) is 0 Å². The third-order valence-electron chi connectivity index (χ3n) is 4.62. The number of esters is 1. The number of rotatable bonds is 5.